The van der Waals surface area contributed by atoms with E-state index in [2.05, 4.69) is 60.1 Å². The normalized spacial score (nSPS) is 30.6. The summed E-state index contributed by atoms with van der Waals surface area (Å²) in [5, 5.41) is 12.3. The molecule has 2 aromatic rings. The van der Waals surface area contributed by atoms with Gasteiger partial charge in [0.05, 0.1) is 11.4 Å². The summed E-state index contributed by atoms with van der Waals surface area (Å²) in [5.41, 5.74) is 6.70. The average molecular weight is 396 g/mol. The number of aryl methyl sites for hydroxylation is 1. The van der Waals surface area contributed by atoms with Crippen LogP contribution in [0.25, 0.3) is 0 Å². The first-order valence-corrected chi connectivity index (χ1v) is 11.0. The molecule has 0 aromatic heterocycles. The lowest BCUT2D eigenvalue weighted by molar-refractivity contribution is 0.358. The molecule has 2 aliphatic carbocycles. The van der Waals surface area contributed by atoms with E-state index in [1.165, 1.54) is 53.7 Å². The third-order valence-electron chi connectivity index (χ3n) is 7.09. The molecule has 4 unspecified atom stereocenters. The second-order valence-corrected chi connectivity index (χ2v) is 9.74. The molecule has 3 nitrogen and oxygen atoms in total. The van der Waals surface area contributed by atoms with Crippen molar-refractivity contribution in [1.82, 2.24) is 5.32 Å². The minimum absolute atomic E-state index is 0.0348. The Kier molecular flexibility index (Phi) is 4.56. The van der Waals surface area contributed by atoms with E-state index in [0.717, 1.165) is 18.0 Å². The van der Waals surface area contributed by atoms with Crippen LogP contribution in [0, 0.1) is 18.8 Å². The van der Waals surface area contributed by atoms with Crippen LogP contribution in [0.3, 0.4) is 0 Å². The third-order valence-corrected chi connectivity index (χ3v) is 7.33. The van der Waals surface area contributed by atoms with Crippen LogP contribution < -0.4 is 16.0 Å². The van der Waals surface area contributed by atoms with Crippen molar-refractivity contribution in [2.45, 2.75) is 57.7 Å². The van der Waals surface area contributed by atoms with Gasteiger partial charge in [-0.15, -0.1) is 0 Å². The van der Waals surface area contributed by atoms with Crippen LogP contribution in [0.2, 0.25) is 5.02 Å². The Morgan fingerprint density at radius 2 is 1.86 bits per heavy atom. The zero-order valence-corrected chi connectivity index (χ0v) is 17.6. The Balaban J connectivity index is 1.15. The number of nitrogens with one attached hydrogen (secondary N) is 3. The fourth-order valence-electron chi connectivity index (χ4n) is 5.51. The second-order valence-electron chi connectivity index (χ2n) is 9.30. The molecule has 4 heteroatoms. The maximum absolute atomic E-state index is 6.16. The van der Waals surface area contributed by atoms with E-state index in [9.17, 15) is 0 Å². The SMILES string of the molecule is Cc1ccc2c(c1)NC(C)(C1CCC(NCC3Cc4ccc(Cl)cc4C3)C1)N2. The van der Waals surface area contributed by atoms with Crippen LogP contribution >= 0.6 is 11.6 Å². The van der Waals surface area contributed by atoms with Crippen molar-refractivity contribution >= 4 is 23.0 Å². The van der Waals surface area contributed by atoms with Gasteiger partial charge in [-0.1, -0.05) is 23.7 Å². The minimum atomic E-state index is -0.0348. The van der Waals surface area contributed by atoms with Crippen LogP contribution in [0.5, 0.6) is 0 Å². The number of hydrogen-bond acceptors (Lipinski definition) is 3. The summed E-state index contributed by atoms with van der Waals surface area (Å²) in [4.78, 5) is 0. The molecule has 0 bridgehead atoms. The first-order chi connectivity index (χ1) is 13.5. The van der Waals surface area contributed by atoms with Gasteiger partial charge in [-0.05, 0) is 99.4 Å². The molecule has 3 N–H and O–H groups in total. The van der Waals surface area contributed by atoms with Crippen LogP contribution in [0.4, 0.5) is 11.4 Å². The highest BCUT2D eigenvalue weighted by Gasteiger charge is 2.42. The maximum atomic E-state index is 6.16. The lowest BCUT2D eigenvalue weighted by Crippen LogP contribution is -2.45. The van der Waals surface area contributed by atoms with Crippen molar-refractivity contribution in [2.24, 2.45) is 11.8 Å². The van der Waals surface area contributed by atoms with Gasteiger partial charge in [-0.25, -0.2) is 0 Å². The van der Waals surface area contributed by atoms with E-state index in [-0.39, 0.29) is 5.66 Å². The van der Waals surface area contributed by atoms with Crippen LogP contribution in [0.1, 0.15) is 42.9 Å². The van der Waals surface area contributed by atoms with Crippen LogP contribution in [-0.4, -0.2) is 18.2 Å². The second kappa shape index (κ2) is 6.96. The molecule has 0 saturated heterocycles. The van der Waals surface area contributed by atoms with E-state index in [0.29, 0.717) is 17.9 Å². The zero-order chi connectivity index (χ0) is 19.3. The average Bonchev–Trinajstić information content (AvgIpc) is 3.35. The van der Waals surface area contributed by atoms with Crippen molar-refractivity contribution in [1.29, 1.82) is 0 Å². The van der Waals surface area contributed by atoms with Gasteiger partial charge in [0.2, 0.25) is 0 Å². The van der Waals surface area contributed by atoms with E-state index in [1.807, 2.05) is 6.07 Å². The van der Waals surface area contributed by atoms with Gasteiger partial charge in [0.1, 0.15) is 5.66 Å². The lowest BCUT2D eigenvalue weighted by Gasteiger charge is -2.33. The number of halogens is 1. The van der Waals surface area contributed by atoms with Crippen LogP contribution in [0.15, 0.2) is 36.4 Å². The number of benzene rings is 2. The van der Waals surface area contributed by atoms with E-state index < -0.39 is 0 Å². The monoisotopic (exact) mass is 395 g/mol. The van der Waals surface area contributed by atoms with Gasteiger partial charge in [0.15, 0.2) is 0 Å². The Labute approximate surface area is 173 Å². The third kappa shape index (κ3) is 3.40. The molecule has 0 radical (unpaired) electrons. The Hall–Kier alpha value is -1.71. The first-order valence-electron chi connectivity index (χ1n) is 10.7. The van der Waals surface area contributed by atoms with Crippen molar-refractivity contribution in [3.05, 3.63) is 58.1 Å². The van der Waals surface area contributed by atoms with Gasteiger partial charge in [0, 0.05) is 17.0 Å². The highest BCUT2D eigenvalue weighted by molar-refractivity contribution is 6.30. The summed E-state index contributed by atoms with van der Waals surface area (Å²) < 4.78 is 0. The minimum Gasteiger partial charge on any atom is -0.361 e. The molecule has 4 atom stereocenters. The van der Waals surface area contributed by atoms with E-state index >= 15 is 0 Å². The summed E-state index contributed by atoms with van der Waals surface area (Å²) in [5.74, 6) is 1.34. The van der Waals surface area contributed by atoms with Crippen molar-refractivity contribution in [3.63, 3.8) is 0 Å². The molecular formula is C24H30ClN3. The Morgan fingerprint density at radius 1 is 1.04 bits per heavy atom. The summed E-state index contributed by atoms with van der Waals surface area (Å²) >= 11 is 6.16. The molecule has 0 spiro atoms. The molecule has 2 aromatic carbocycles. The largest absolute Gasteiger partial charge is 0.361 e. The molecule has 1 heterocycles. The molecule has 5 rings (SSSR count). The van der Waals surface area contributed by atoms with Gasteiger partial charge >= 0.3 is 0 Å². The number of hydrogen-bond donors (Lipinski definition) is 3. The lowest BCUT2D eigenvalue weighted by atomic mass is 9.92. The van der Waals surface area contributed by atoms with E-state index in [4.69, 9.17) is 11.6 Å². The van der Waals surface area contributed by atoms with Gasteiger partial charge in [-0.2, -0.15) is 0 Å². The molecule has 1 saturated carbocycles. The van der Waals surface area contributed by atoms with Gasteiger partial charge in [-0.3, -0.25) is 0 Å². The highest BCUT2D eigenvalue weighted by atomic mass is 35.5. The number of anilines is 2. The van der Waals surface area contributed by atoms with Crippen molar-refractivity contribution < 1.29 is 0 Å². The summed E-state index contributed by atoms with van der Waals surface area (Å²) in [7, 11) is 0. The summed E-state index contributed by atoms with van der Waals surface area (Å²) in [6.45, 7) is 5.59. The summed E-state index contributed by atoms with van der Waals surface area (Å²) in [6.07, 6.45) is 6.11. The quantitative estimate of drug-likeness (QED) is 0.650. The smallest absolute Gasteiger partial charge is 0.108 e. The summed E-state index contributed by atoms with van der Waals surface area (Å²) in [6, 6.07) is 13.7. The number of fused-ring (bicyclic) bond motifs is 2. The molecule has 1 fully saturated rings. The zero-order valence-electron chi connectivity index (χ0n) is 16.8. The molecular weight excluding hydrogens is 366 g/mol. The first kappa shape index (κ1) is 18.3. The molecule has 3 aliphatic rings. The van der Waals surface area contributed by atoms with Crippen molar-refractivity contribution in [3.8, 4) is 0 Å². The molecule has 148 valence electrons. The van der Waals surface area contributed by atoms with Crippen LogP contribution in [-0.2, 0) is 12.8 Å². The topological polar surface area (TPSA) is 36.1 Å². The van der Waals surface area contributed by atoms with E-state index in [1.54, 1.807) is 0 Å². The fraction of sp³-hybridized carbons (Fsp3) is 0.500. The fourth-order valence-corrected chi connectivity index (χ4v) is 5.71. The maximum Gasteiger partial charge on any atom is 0.108 e. The van der Waals surface area contributed by atoms with Crippen molar-refractivity contribution in [2.75, 3.05) is 17.2 Å². The molecule has 28 heavy (non-hydrogen) atoms. The standard InChI is InChI=1S/C24H30ClN3/c1-15-3-8-22-23(9-15)28-24(2,27-22)19-5-7-21(13-19)26-14-16-10-17-4-6-20(25)12-18(17)11-16/h3-4,6,8-9,12,16,19,21,26-28H,5,7,10-11,13-14H2,1-2H3. The Bertz CT molecular complexity index is 895. The molecule has 0 amide bonds. The Morgan fingerprint density at radius 3 is 2.75 bits per heavy atom. The van der Waals surface area contributed by atoms with Gasteiger partial charge < -0.3 is 16.0 Å². The highest BCUT2D eigenvalue weighted by Crippen LogP contribution is 2.43. The predicted molar refractivity (Wildman–Crippen MR) is 118 cm³/mol. The number of rotatable bonds is 4. The predicted octanol–water partition coefficient (Wildman–Crippen LogP) is 5.38. The van der Waals surface area contributed by atoms with Gasteiger partial charge in [0.25, 0.3) is 0 Å². The molecule has 1 aliphatic heterocycles.